The number of rotatable bonds is 10. The van der Waals surface area contributed by atoms with Crippen molar-refractivity contribution < 1.29 is 18.1 Å². The summed E-state index contributed by atoms with van der Waals surface area (Å²) in [4.78, 5) is 24.9. The van der Waals surface area contributed by atoms with E-state index in [0.29, 0.717) is 19.0 Å². The molecule has 0 fully saturated rings. The van der Waals surface area contributed by atoms with Crippen LogP contribution in [0.3, 0.4) is 0 Å². The van der Waals surface area contributed by atoms with Crippen LogP contribution in [0.1, 0.15) is 44.0 Å². The van der Waals surface area contributed by atoms with E-state index in [1.54, 1.807) is 23.1 Å². The number of carbonyl (C=O) groups is 1. The fourth-order valence-electron chi connectivity index (χ4n) is 3.11. The average Bonchev–Trinajstić information content (AvgIpc) is 2.74. The highest BCUT2D eigenvalue weighted by Crippen LogP contribution is 2.24. The number of amides is 1. The van der Waals surface area contributed by atoms with Gasteiger partial charge < -0.3 is 4.90 Å². The Labute approximate surface area is 177 Å². The summed E-state index contributed by atoms with van der Waals surface area (Å²) < 4.78 is 28.0. The minimum atomic E-state index is -4.12. The van der Waals surface area contributed by atoms with Crippen molar-refractivity contribution in [3.63, 3.8) is 0 Å². The molecule has 0 saturated carbocycles. The van der Waals surface area contributed by atoms with E-state index in [9.17, 15) is 23.3 Å². The molecule has 0 spiro atoms. The molecule has 0 bridgehead atoms. The Kier molecular flexibility index (Phi) is 7.93. The van der Waals surface area contributed by atoms with Crippen LogP contribution in [-0.2, 0) is 10.0 Å². The Morgan fingerprint density at radius 3 is 2.37 bits per heavy atom. The van der Waals surface area contributed by atoms with Crippen LogP contribution in [0.2, 0.25) is 0 Å². The second kappa shape index (κ2) is 10.2. The van der Waals surface area contributed by atoms with Crippen LogP contribution in [0.5, 0.6) is 0 Å². The van der Waals surface area contributed by atoms with Crippen molar-refractivity contribution >= 4 is 27.3 Å². The van der Waals surface area contributed by atoms with E-state index < -0.39 is 14.9 Å². The van der Waals surface area contributed by atoms with Crippen molar-refractivity contribution in [1.29, 1.82) is 0 Å². The lowest BCUT2D eigenvalue weighted by atomic mass is 10.0. The van der Waals surface area contributed by atoms with Crippen molar-refractivity contribution in [2.75, 3.05) is 17.8 Å². The number of nitro benzene ring substituents is 1. The highest BCUT2D eigenvalue weighted by Gasteiger charge is 2.23. The third-order valence-corrected chi connectivity index (χ3v) is 6.41. The zero-order chi connectivity index (χ0) is 22.3. The molecule has 8 nitrogen and oxygen atoms in total. The molecule has 0 atom stereocenters. The molecule has 1 amide bonds. The van der Waals surface area contributed by atoms with E-state index >= 15 is 0 Å². The van der Waals surface area contributed by atoms with Gasteiger partial charge in [0.2, 0.25) is 0 Å². The quantitative estimate of drug-likeness (QED) is 0.444. The molecule has 162 valence electrons. The van der Waals surface area contributed by atoms with E-state index in [1.165, 1.54) is 24.3 Å². The second-order valence-corrected chi connectivity index (χ2v) is 8.61. The van der Waals surface area contributed by atoms with Crippen LogP contribution < -0.4 is 4.72 Å². The zero-order valence-electron chi connectivity index (χ0n) is 17.4. The number of non-ortho nitro benzene ring substituents is 1. The summed E-state index contributed by atoms with van der Waals surface area (Å²) in [5.41, 5.74) is 0.0425. The molecule has 0 aromatic heterocycles. The Balaban J connectivity index is 2.35. The van der Waals surface area contributed by atoms with Gasteiger partial charge in [-0.25, -0.2) is 8.42 Å². The maximum absolute atomic E-state index is 13.1. The van der Waals surface area contributed by atoms with Crippen LogP contribution in [-0.4, -0.2) is 37.2 Å². The van der Waals surface area contributed by atoms with E-state index in [4.69, 9.17) is 0 Å². The van der Waals surface area contributed by atoms with Crippen LogP contribution in [0.15, 0.2) is 53.4 Å². The predicted octanol–water partition coefficient (Wildman–Crippen LogP) is 4.29. The summed E-state index contributed by atoms with van der Waals surface area (Å²) in [6, 6.07) is 11.1. The van der Waals surface area contributed by atoms with Gasteiger partial charge in [0.1, 0.15) is 0 Å². The summed E-state index contributed by atoms with van der Waals surface area (Å²) in [6.45, 7) is 7.13. The number of nitrogens with one attached hydrogen (secondary N) is 1. The number of carbonyl (C=O) groups excluding carboxylic acids is 1. The standard InChI is InChI=1S/C21H27N3O5S/c1-4-16(5-2)15-23(6-3)21(25)19-12-7-8-13-20(19)22-30(28,29)18-11-9-10-17(14-18)24(26)27/h7-14,16,22H,4-6,15H2,1-3H3. The van der Waals surface area contributed by atoms with Crippen LogP contribution in [0.4, 0.5) is 11.4 Å². The number of hydrogen-bond acceptors (Lipinski definition) is 5. The normalized spacial score (nSPS) is 11.3. The molecule has 2 rings (SSSR count). The first-order valence-corrected chi connectivity index (χ1v) is 11.4. The molecule has 0 aliphatic carbocycles. The summed E-state index contributed by atoms with van der Waals surface area (Å²) in [5, 5.41) is 11.0. The third kappa shape index (κ3) is 5.56. The van der Waals surface area contributed by atoms with Crippen molar-refractivity contribution in [2.45, 2.75) is 38.5 Å². The predicted molar refractivity (Wildman–Crippen MR) is 116 cm³/mol. The van der Waals surface area contributed by atoms with Gasteiger partial charge in [-0.3, -0.25) is 19.6 Å². The monoisotopic (exact) mass is 433 g/mol. The molecule has 0 saturated heterocycles. The van der Waals surface area contributed by atoms with E-state index in [1.807, 2.05) is 6.92 Å². The SMILES string of the molecule is CCC(CC)CN(CC)C(=O)c1ccccc1NS(=O)(=O)c1cccc([N+](=O)[O-])c1. The number of sulfonamides is 1. The maximum Gasteiger partial charge on any atom is 0.270 e. The first-order chi connectivity index (χ1) is 14.2. The van der Waals surface area contributed by atoms with Gasteiger partial charge >= 0.3 is 0 Å². The van der Waals surface area contributed by atoms with Crippen LogP contribution in [0, 0.1) is 16.0 Å². The van der Waals surface area contributed by atoms with Gasteiger partial charge in [0.15, 0.2) is 0 Å². The van der Waals surface area contributed by atoms with Gasteiger partial charge in [-0.05, 0) is 31.0 Å². The van der Waals surface area contributed by atoms with Crippen molar-refractivity contribution in [2.24, 2.45) is 5.92 Å². The Morgan fingerprint density at radius 1 is 1.10 bits per heavy atom. The summed E-state index contributed by atoms with van der Waals surface area (Å²) >= 11 is 0. The number of hydrogen-bond donors (Lipinski definition) is 1. The number of nitro groups is 1. The van der Waals surface area contributed by atoms with Gasteiger partial charge in [-0.15, -0.1) is 0 Å². The average molecular weight is 434 g/mol. The van der Waals surface area contributed by atoms with Crippen molar-refractivity contribution in [3.8, 4) is 0 Å². The fraction of sp³-hybridized carbons (Fsp3) is 0.381. The maximum atomic E-state index is 13.1. The molecule has 30 heavy (non-hydrogen) atoms. The molecule has 2 aromatic rings. The number of anilines is 1. The largest absolute Gasteiger partial charge is 0.339 e. The lowest BCUT2D eigenvalue weighted by Gasteiger charge is -2.26. The molecule has 9 heteroatoms. The molecule has 1 N–H and O–H groups in total. The summed E-state index contributed by atoms with van der Waals surface area (Å²) in [6.07, 6.45) is 1.89. The summed E-state index contributed by atoms with van der Waals surface area (Å²) in [5.74, 6) is 0.101. The highest BCUT2D eigenvalue weighted by molar-refractivity contribution is 7.92. The van der Waals surface area contributed by atoms with Gasteiger partial charge in [-0.2, -0.15) is 0 Å². The Morgan fingerprint density at radius 2 is 1.77 bits per heavy atom. The molecule has 2 aromatic carbocycles. The van der Waals surface area contributed by atoms with Crippen molar-refractivity contribution in [3.05, 3.63) is 64.2 Å². The topological polar surface area (TPSA) is 110 Å². The van der Waals surface area contributed by atoms with Gasteiger partial charge in [-0.1, -0.05) is 44.9 Å². The minimum Gasteiger partial charge on any atom is -0.339 e. The van der Waals surface area contributed by atoms with Crippen molar-refractivity contribution in [1.82, 2.24) is 4.90 Å². The van der Waals surface area contributed by atoms with E-state index in [0.717, 1.165) is 18.9 Å². The highest BCUT2D eigenvalue weighted by atomic mass is 32.2. The van der Waals surface area contributed by atoms with Gasteiger partial charge in [0.25, 0.3) is 21.6 Å². The lowest BCUT2D eigenvalue weighted by molar-refractivity contribution is -0.385. The molecule has 0 radical (unpaired) electrons. The first-order valence-electron chi connectivity index (χ1n) is 9.89. The lowest BCUT2D eigenvalue weighted by Crippen LogP contribution is -2.35. The number of para-hydroxylation sites is 1. The van der Waals surface area contributed by atoms with E-state index in [2.05, 4.69) is 18.6 Å². The fourth-order valence-corrected chi connectivity index (χ4v) is 4.23. The molecule has 0 aliphatic rings. The number of nitrogens with zero attached hydrogens (tertiary/aromatic N) is 2. The second-order valence-electron chi connectivity index (χ2n) is 6.93. The molecule has 0 aliphatic heterocycles. The van der Waals surface area contributed by atoms with Gasteiger partial charge in [0, 0.05) is 25.2 Å². The van der Waals surface area contributed by atoms with Gasteiger partial charge in [0.05, 0.1) is 21.1 Å². The smallest absolute Gasteiger partial charge is 0.270 e. The summed E-state index contributed by atoms with van der Waals surface area (Å²) in [7, 11) is -4.12. The third-order valence-electron chi connectivity index (χ3n) is 5.04. The zero-order valence-corrected chi connectivity index (χ0v) is 18.2. The molecule has 0 unspecified atom stereocenters. The van der Waals surface area contributed by atoms with Crippen LogP contribution >= 0.6 is 0 Å². The molecular formula is C21H27N3O5S. The van der Waals surface area contributed by atoms with Crippen LogP contribution in [0.25, 0.3) is 0 Å². The molecule has 0 heterocycles. The number of benzene rings is 2. The first kappa shape index (κ1) is 23.3. The Hall–Kier alpha value is -2.94. The molecular weight excluding hydrogens is 406 g/mol. The minimum absolute atomic E-state index is 0.136. The van der Waals surface area contributed by atoms with E-state index in [-0.39, 0.29) is 27.7 Å². The Bertz CT molecular complexity index is 1000.